The molecule has 0 aromatic heterocycles. The molecule has 2 atom stereocenters. The molecule has 0 spiro atoms. The van der Waals surface area contributed by atoms with Gasteiger partial charge in [0, 0.05) is 6.42 Å². The SMILES string of the molecule is CC(C)C[C@H](OCc1ccccc1)C(=O)N[C@@H](Cc1ccc(OCC(C)(C)C)cc1)C(=O)O. The lowest BCUT2D eigenvalue weighted by Crippen LogP contribution is -2.47. The fourth-order valence-electron chi connectivity index (χ4n) is 3.17. The number of ether oxygens (including phenoxy) is 2. The molecule has 1 amide bonds. The van der Waals surface area contributed by atoms with Gasteiger partial charge in [-0.2, -0.15) is 0 Å². The molecule has 6 heteroatoms. The molecule has 0 saturated heterocycles. The first kappa shape index (κ1) is 26.4. The minimum absolute atomic E-state index is 0.0481. The van der Waals surface area contributed by atoms with E-state index in [1.807, 2.05) is 68.4 Å². The second kappa shape index (κ2) is 12.4. The standard InChI is InChI=1S/C27H37NO5/c1-19(2)15-24(32-17-21-9-7-6-8-10-21)25(29)28-23(26(30)31)16-20-11-13-22(14-12-20)33-18-27(3,4)5/h6-14,19,23-24H,15-18H2,1-5H3,(H,28,29)(H,30,31)/t23-,24-/m0/s1. The minimum Gasteiger partial charge on any atom is -0.493 e. The summed E-state index contributed by atoms with van der Waals surface area (Å²) in [7, 11) is 0. The topological polar surface area (TPSA) is 84.9 Å². The summed E-state index contributed by atoms with van der Waals surface area (Å²) in [5.41, 5.74) is 1.81. The highest BCUT2D eigenvalue weighted by Gasteiger charge is 2.27. The number of carbonyl (C=O) groups is 2. The zero-order valence-corrected chi connectivity index (χ0v) is 20.3. The second-order valence-corrected chi connectivity index (χ2v) is 10.0. The quantitative estimate of drug-likeness (QED) is 0.478. The van der Waals surface area contributed by atoms with Gasteiger partial charge < -0.3 is 19.9 Å². The van der Waals surface area contributed by atoms with Crippen molar-refractivity contribution in [3.05, 3.63) is 65.7 Å². The number of carboxylic acid groups (broad SMARTS) is 1. The lowest BCUT2D eigenvalue weighted by atomic mass is 9.99. The molecule has 2 aromatic carbocycles. The van der Waals surface area contributed by atoms with E-state index in [0.717, 1.165) is 16.9 Å². The van der Waals surface area contributed by atoms with Crippen molar-refractivity contribution < 1.29 is 24.2 Å². The third-order valence-electron chi connectivity index (χ3n) is 4.92. The number of rotatable bonds is 12. The summed E-state index contributed by atoms with van der Waals surface area (Å²) in [5, 5.41) is 12.4. The summed E-state index contributed by atoms with van der Waals surface area (Å²) < 4.78 is 11.7. The molecule has 0 aliphatic heterocycles. The van der Waals surface area contributed by atoms with Gasteiger partial charge in [0.1, 0.15) is 17.9 Å². The van der Waals surface area contributed by atoms with Gasteiger partial charge in [0.25, 0.3) is 0 Å². The highest BCUT2D eigenvalue weighted by atomic mass is 16.5. The van der Waals surface area contributed by atoms with Crippen LogP contribution in [0.1, 0.15) is 52.2 Å². The zero-order valence-electron chi connectivity index (χ0n) is 20.3. The van der Waals surface area contributed by atoms with Crippen LogP contribution >= 0.6 is 0 Å². The molecule has 180 valence electrons. The molecule has 0 saturated carbocycles. The van der Waals surface area contributed by atoms with Crippen molar-refractivity contribution in [2.45, 2.75) is 66.2 Å². The van der Waals surface area contributed by atoms with Gasteiger partial charge in [-0.3, -0.25) is 4.79 Å². The predicted molar refractivity (Wildman–Crippen MR) is 129 cm³/mol. The fraction of sp³-hybridized carbons (Fsp3) is 0.481. The Bertz CT molecular complexity index is 872. The van der Waals surface area contributed by atoms with Gasteiger partial charge in [0.2, 0.25) is 5.91 Å². The van der Waals surface area contributed by atoms with Crippen LogP contribution in [0.3, 0.4) is 0 Å². The maximum atomic E-state index is 12.9. The highest BCUT2D eigenvalue weighted by Crippen LogP contribution is 2.19. The number of amides is 1. The number of benzene rings is 2. The van der Waals surface area contributed by atoms with Gasteiger partial charge in [0.15, 0.2) is 0 Å². The summed E-state index contributed by atoms with van der Waals surface area (Å²) in [6.07, 6.45) is -0.0429. The molecule has 0 bridgehead atoms. The van der Waals surface area contributed by atoms with Crippen molar-refractivity contribution in [1.82, 2.24) is 5.32 Å². The average Bonchev–Trinajstić information content (AvgIpc) is 2.75. The Kier molecular flexibility index (Phi) is 9.92. The van der Waals surface area contributed by atoms with Crippen LogP contribution in [-0.4, -0.2) is 35.7 Å². The molecule has 0 aliphatic rings. The molecule has 2 aromatic rings. The lowest BCUT2D eigenvalue weighted by Gasteiger charge is -2.22. The van der Waals surface area contributed by atoms with Crippen LogP contribution in [0.4, 0.5) is 0 Å². The van der Waals surface area contributed by atoms with Crippen LogP contribution in [0.2, 0.25) is 0 Å². The second-order valence-electron chi connectivity index (χ2n) is 10.0. The minimum atomic E-state index is -1.08. The van der Waals surface area contributed by atoms with E-state index < -0.39 is 24.0 Å². The first-order valence-electron chi connectivity index (χ1n) is 11.4. The van der Waals surface area contributed by atoms with E-state index in [1.54, 1.807) is 0 Å². The molecular weight excluding hydrogens is 418 g/mol. The third kappa shape index (κ3) is 10.1. The van der Waals surface area contributed by atoms with Gasteiger partial charge in [-0.15, -0.1) is 0 Å². The number of nitrogens with one attached hydrogen (secondary N) is 1. The average molecular weight is 456 g/mol. The van der Waals surface area contributed by atoms with E-state index in [-0.39, 0.29) is 17.8 Å². The van der Waals surface area contributed by atoms with Crippen LogP contribution in [0.15, 0.2) is 54.6 Å². The molecule has 2 N–H and O–H groups in total. The van der Waals surface area contributed by atoms with Crippen LogP contribution in [0.5, 0.6) is 5.75 Å². The maximum absolute atomic E-state index is 12.9. The maximum Gasteiger partial charge on any atom is 0.326 e. The molecule has 33 heavy (non-hydrogen) atoms. The lowest BCUT2D eigenvalue weighted by molar-refractivity contribution is -0.145. The number of hydrogen-bond donors (Lipinski definition) is 2. The van der Waals surface area contributed by atoms with Crippen LogP contribution < -0.4 is 10.1 Å². The molecule has 2 rings (SSSR count). The van der Waals surface area contributed by atoms with Gasteiger partial charge in [0.05, 0.1) is 13.2 Å². The van der Waals surface area contributed by atoms with E-state index in [4.69, 9.17) is 9.47 Å². The Hall–Kier alpha value is -2.86. The van der Waals surface area contributed by atoms with E-state index in [2.05, 4.69) is 26.1 Å². The predicted octanol–water partition coefficient (Wildman–Crippen LogP) is 4.85. The summed E-state index contributed by atoms with van der Waals surface area (Å²) >= 11 is 0. The number of carbonyl (C=O) groups excluding carboxylic acids is 1. The number of hydrogen-bond acceptors (Lipinski definition) is 4. The first-order chi connectivity index (χ1) is 15.5. The Morgan fingerprint density at radius 2 is 1.61 bits per heavy atom. The number of carboxylic acids is 1. The summed E-state index contributed by atoms with van der Waals surface area (Å²) in [6.45, 7) is 11.2. The molecule has 0 unspecified atom stereocenters. The summed E-state index contributed by atoms with van der Waals surface area (Å²) in [6, 6.07) is 15.9. The van der Waals surface area contributed by atoms with Gasteiger partial charge in [-0.25, -0.2) is 4.79 Å². The van der Waals surface area contributed by atoms with E-state index in [1.165, 1.54) is 0 Å². The van der Waals surface area contributed by atoms with Gasteiger partial charge in [-0.05, 0) is 41.0 Å². The Balaban J connectivity index is 2.00. The molecule has 0 aliphatic carbocycles. The smallest absolute Gasteiger partial charge is 0.326 e. The van der Waals surface area contributed by atoms with Crippen molar-refractivity contribution >= 4 is 11.9 Å². The Morgan fingerprint density at radius 1 is 0.970 bits per heavy atom. The number of aliphatic carboxylic acids is 1. The first-order valence-corrected chi connectivity index (χ1v) is 11.4. The summed E-state index contributed by atoms with van der Waals surface area (Å²) in [4.78, 5) is 24.8. The van der Waals surface area contributed by atoms with Gasteiger partial charge in [-0.1, -0.05) is 77.1 Å². The normalized spacial score (nSPS) is 13.4. The summed E-state index contributed by atoms with van der Waals surface area (Å²) in [5.74, 6) is -0.531. The largest absolute Gasteiger partial charge is 0.493 e. The zero-order chi connectivity index (χ0) is 24.4. The monoisotopic (exact) mass is 455 g/mol. The van der Waals surface area contributed by atoms with E-state index in [0.29, 0.717) is 19.6 Å². The molecule has 0 fully saturated rings. The van der Waals surface area contributed by atoms with Crippen molar-refractivity contribution in [2.24, 2.45) is 11.3 Å². The molecular formula is C27H37NO5. The van der Waals surface area contributed by atoms with Crippen molar-refractivity contribution in [1.29, 1.82) is 0 Å². The van der Waals surface area contributed by atoms with E-state index >= 15 is 0 Å². The van der Waals surface area contributed by atoms with Crippen molar-refractivity contribution in [2.75, 3.05) is 6.61 Å². The fourth-order valence-corrected chi connectivity index (χ4v) is 3.17. The van der Waals surface area contributed by atoms with Crippen LogP contribution in [0, 0.1) is 11.3 Å². The molecule has 0 heterocycles. The van der Waals surface area contributed by atoms with Crippen LogP contribution in [0.25, 0.3) is 0 Å². The van der Waals surface area contributed by atoms with Gasteiger partial charge >= 0.3 is 5.97 Å². The Labute approximate surface area is 197 Å². The highest BCUT2D eigenvalue weighted by molar-refractivity contribution is 5.86. The van der Waals surface area contributed by atoms with Crippen LogP contribution in [-0.2, 0) is 27.4 Å². The van der Waals surface area contributed by atoms with E-state index in [9.17, 15) is 14.7 Å². The van der Waals surface area contributed by atoms with Crippen molar-refractivity contribution in [3.63, 3.8) is 0 Å². The molecule has 0 radical (unpaired) electrons. The van der Waals surface area contributed by atoms with Crippen molar-refractivity contribution in [3.8, 4) is 5.75 Å². The molecule has 6 nitrogen and oxygen atoms in total. The third-order valence-corrected chi connectivity index (χ3v) is 4.92. The Morgan fingerprint density at radius 3 is 2.15 bits per heavy atom.